The number of aromatic amines is 1. The molecule has 338 valence electrons. The maximum Gasteiger partial charge on any atom is 0.245 e. The van der Waals surface area contributed by atoms with Crippen molar-refractivity contribution in [2.75, 3.05) is 20.1 Å². The Kier molecular flexibility index (Phi) is 17.8. The van der Waals surface area contributed by atoms with Gasteiger partial charge in [-0.3, -0.25) is 28.8 Å². The number of aromatic nitrogens is 1. The molecule has 6 amide bonds. The van der Waals surface area contributed by atoms with E-state index in [-0.39, 0.29) is 12.8 Å². The first-order chi connectivity index (χ1) is 30.8. The Labute approximate surface area is 375 Å². The van der Waals surface area contributed by atoms with Crippen LogP contribution in [0.15, 0.2) is 121 Å². The summed E-state index contributed by atoms with van der Waals surface area (Å²) < 4.78 is 0. The highest BCUT2D eigenvalue weighted by Crippen LogP contribution is 2.29. The topological polar surface area (TPSA) is 208 Å². The summed E-state index contributed by atoms with van der Waals surface area (Å²) in [5.74, 6) is -4.70. The van der Waals surface area contributed by atoms with E-state index in [2.05, 4.69) is 56.7 Å². The zero-order valence-corrected chi connectivity index (χ0v) is 37.3. The van der Waals surface area contributed by atoms with E-state index in [1.165, 1.54) is 35.3 Å². The van der Waals surface area contributed by atoms with Gasteiger partial charge in [-0.2, -0.15) is 0 Å². The Morgan fingerprint density at radius 1 is 0.656 bits per heavy atom. The molecule has 14 heteroatoms. The van der Waals surface area contributed by atoms with Gasteiger partial charge in [0.15, 0.2) is 0 Å². The lowest BCUT2D eigenvalue weighted by molar-refractivity contribution is -0.142. The predicted molar refractivity (Wildman–Crippen MR) is 249 cm³/mol. The number of hydrogen-bond acceptors (Lipinski definition) is 7. The molecule has 64 heavy (non-hydrogen) atoms. The first-order valence-electron chi connectivity index (χ1n) is 21.9. The number of likely N-dealkylation sites (N-methyl/N-ethyl adjacent to an activating group) is 1. The Balaban J connectivity index is 0.000000669. The van der Waals surface area contributed by atoms with E-state index < -0.39 is 84.0 Å². The number of amides is 6. The second-order valence-electron chi connectivity index (χ2n) is 16.5. The van der Waals surface area contributed by atoms with Crippen molar-refractivity contribution in [1.29, 1.82) is 0 Å². The Hall–Kier alpha value is -6.80. The smallest absolute Gasteiger partial charge is 0.245 e. The molecule has 1 aromatic heterocycles. The lowest BCUT2D eigenvalue weighted by Gasteiger charge is -2.33. The summed E-state index contributed by atoms with van der Waals surface area (Å²) in [6.07, 6.45) is 3.49. The van der Waals surface area contributed by atoms with E-state index in [0.29, 0.717) is 19.4 Å². The van der Waals surface area contributed by atoms with Gasteiger partial charge in [0.1, 0.15) is 30.2 Å². The fourth-order valence-corrected chi connectivity index (χ4v) is 7.69. The SMILES string of the molecule is CC(C)C1NC(=O)C(CCCCN)NC(=O)CNC(=O)C(C(c2ccccc2)c2ccccc2)NC(=O)C(C)N(C)C(=O)C(Cc2ccccc2)NC1=O.Cc1c[nH]c2ccccc12. The third-order valence-corrected chi connectivity index (χ3v) is 11.5. The van der Waals surface area contributed by atoms with Crippen LogP contribution in [0, 0.1) is 12.8 Å². The number of hydrogen-bond donors (Lipinski definition) is 7. The average Bonchev–Trinajstić information content (AvgIpc) is 3.69. The number of rotatable bonds is 10. The summed E-state index contributed by atoms with van der Waals surface area (Å²) in [6, 6.07) is 30.3. The van der Waals surface area contributed by atoms with Crippen LogP contribution in [-0.2, 0) is 35.2 Å². The summed E-state index contributed by atoms with van der Waals surface area (Å²) in [5.41, 5.74) is 10.5. The number of fused-ring (bicyclic) bond motifs is 1. The number of benzene rings is 4. The third kappa shape index (κ3) is 13.1. The molecule has 1 aliphatic rings. The highest BCUT2D eigenvalue weighted by atomic mass is 16.2. The van der Waals surface area contributed by atoms with Gasteiger partial charge in [0.05, 0.1) is 6.54 Å². The van der Waals surface area contributed by atoms with Crippen molar-refractivity contribution in [3.63, 3.8) is 0 Å². The van der Waals surface area contributed by atoms with Gasteiger partial charge in [-0.15, -0.1) is 0 Å². The summed E-state index contributed by atoms with van der Waals surface area (Å²) >= 11 is 0. The first-order valence-corrected chi connectivity index (χ1v) is 21.9. The fraction of sp³-hybridized carbons (Fsp3) is 0.360. The quantitative estimate of drug-likeness (QED) is 0.102. The first kappa shape index (κ1) is 48.2. The molecule has 0 aliphatic carbocycles. The van der Waals surface area contributed by atoms with Gasteiger partial charge in [-0.05, 0) is 73.9 Å². The van der Waals surface area contributed by atoms with Crippen LogP contribution in [0.3, 0.4) is 0 Å². The standard InChI is InChI=1S/C41H53N7O6.C9H9N/c1-26(2)35-40(53)45-32(24-28-16-8-5-9-17-28)41(54)48(4)27(3)37(50)47-36(34(29-18-10-6-11-19-29)30-20-12-7-13-21-30)39(52)43-25-33(49)44-31(38(51)46-35)22-14-15-23-42;1-7-6-10-9-5-3-2-4-8(7)9/h5-13,16-21,26-27,31-32,34-36H,14-15,22-25,42H2,1-4H3,(H,43,52)(H,44,49)(H,45,53)(H,46,51)(H,47,50);2-6,10H,1H3. The van der Waals surface area contributed by atoms with Gasteiger partial charge in [0.25, 0.3) is 0 Å². The molecule has 0 radical (unpaired) electrons. The summed E-state index contributed by atoms with van der Waals surface area (Å²) in [5, 5.41) is 15.2. The van der Waals surface area contributed by atoms with Gasteiger partial charge < -0.3 is 42.2 Å². The number of aryl methyl sites for hydroxylation is 1. The predicted octanol–water partition coefficient (Wildman–Crippen LogP) is 4.24. The van der Waals surface area contributed by atoms with Gasteiger partial charge >= 0.3 is 0 Å². The van der Waals surface area contributed by atoms with Gasteiger partial charge in [-0.1, -0.05) is 123 Å². The molecule has 5 aromatic rings. The van der Waals surface area contributed by atoms with E-state index >= 15 is 0 Å². The van der Waals surface area contributed by atoms with E-state index in [4.69, 9.17) is 5.73 Å². The highest BCUT2D eigenvalue weighted by molar-refractivity contribution is 5.98. The number of nitrogens with one attached hydrogen (secondary N) is 6. The van der Waals surface area contributed by atoms with Crippen molar-refractivity contribution in [1.82, 2.24) is 36.5 Å². The molecule has 1 aliphatic heterocycles. The maximum atomic E-state index is 14.2. The molecule has 5 unspecified atom stereocenters. The molecule has 2 heterocycles. The van der Waals surface area contributed by atoms with Crippen molar-refractivity contribution >= 4 is 46.3 Å². The Morgan fingerprint density at radius 3 is 1.83 bits per heavy atom. The number of carbonyl (C=O) groups excluding carboxylic acids is 6. The molecule has 1 fully saturated rings. The third-order valence-electron chi connectivity index (χ3n) is 11.5. The van der Waals surface area contributed by atoms with Crippen LogP contribution in [0.5, 0.6) is 0 Å². The van der Waals surface area contributed by atoms with E-state index in [0.717, 1.165) is 16.7 Å². The van der Waals surface area contributed by atoms with Crippen LogP contribution >= 0.6 is 0 Å². The van der Waals surface area contributed by atoms with Crippen LogP contribution in [0.25, 0.3) is 10.9 Å². The monoisotopic (exact) mass is 870 g/mol. The molecular weight excluding hydrogens is 809 g/mol. The van der Waals surface area contributed by atoms with Gasteiger partial charge in [-0.25, -0.2) is 0 Å². The molecule has 0 bridgehead atoms. The largest absolute Gasteiger partial charge is 0.361 e. The van der Waals surface area contributed by atoms with Crippen molar-refractivity contribution < 1.29 is 28.8 Å². The van der Waals surface area contributed by atoms with E-state index in [9.17, 15) is 28.8 Å². The number of nitrogens with two attached hydrogens (primary N) is 1. The van der Waals surface area contributed by atoms with Crippen molar-refractivity contribution in [2.24, 2.45) is 11.7 Å². The molecule has 6 rings (SSSR count). The molecule has 8 N–H and O–H groups in total. The number of H-pyrrole nitrogens is 1. The summed E-state index contributed by atoms with van der Waals surface area (Å²) in [4.78, 5) is 88.0. The number of carbonyl (C=O) groups is 6. The average molecular weight is 871 g/mol. The molecule has 5 atom stereocenters. The lowest BCUT2D eigenvalue weighted by atomic mass is 9.84. The fourth-order valence-electron chi connectivity index (χ4n) is 7.69. The molecule has 0 saturated carbocycles. The normalized spacial score (nSPS) is 20.6. The minimum Gasteiger partial charge on any atom is -0.361 e. The number of para-hydroxylation sites is 1. The minimum atomic E-state index is -1.23. The number of nitrogens with zero attached hydrogens (tertiary/aromatic N) is 1. The Morgan fingerprint density at radius 2 is 1.23 bits per heavy atom. The van der Waals surface area contributed by atoms with Crippen LogP contribution in [0.1, 0.15) is 68.2 Å². The van der Waals surface area contributed by atoms with Crippen LogP contribution < -0.4 is 32.3 Å². The van der Waals surface area contributed by atoms with Crippen molar-refractivity contribution in [3.05, 3.63) is 144 Å². The molecular formula is C50H62N8O6. The van der Waals surface area contributed by atoms with Crippen molar-refractivity contribution in [2.45, 2.75) is 89.5 Å². The molecule has 14 nitrogen and oxygen atoms in total. The Bertz CT molecular complexity index is 2280. The highest BCUT2D eigenvalue weighted by Gasteiger charge is 2.38. The summed E-state index contributed by atoms with van der Waals surface area (Å²) in [6.45, 7) is 7.06. The molecule has 4 aromatic carbocycles. The van der Waals surface area contributed by atoms with Crippen LogP contribution in [0.2, 0.25) is 0 Å². The summed E-state index contributed by atoms with van der Waals surface area (Å²) in [7, 11) is 1.47. The van der Waals surface area contributed by atoms with E-state index in [1.54, 1.807) is 13.8 Å². The second-order valence-corrected chi connectivity index (χ2v) is 16.5. The maximum absolute atomic E-state index is 14.2. The van der Waals surface area contributed by atoms with Crippen molar-refractivity contribution in [3.8, 4) is 0 Å². The molecule has 0 spiro atoms. The zero-order chi connectivity index (χ0) is 46.2. The van der Waals surface area contributed by atoms with Gasteiger partial charge in [0.2, 0.25) is 35.4 Å². The van der Waals surface area contributed by atoms with E-state index in [1.807, 2.05) is 103 Å². The van der Waals surface area contributed by atoms with Crippen LogP contribution in [-0.4, -0.2) is 95.7 Å². The second kappa shape index (κ2) is 23.6. The minimum absolute atomic E-state index is 0.107. The lowest BCUT2D eigenvalue weighted by Crippen LogP contribution is -2.61. The molecule has 1 saturated heterocycles. The zero-order valence-electron chi connectivity index (χ0n) is 37.3. The number of unbranched alkanes of at least 4 members (excludes halogenated alkanes) is 1. The van der Waals surface area contributed by atoms with Crippen LogP contribution in [0.4, 0.5) is 0 Å². The van der Waals surface area contributed by atoms with Gasteiger partial charge in [0, 0.05) is 36.5 Å².